The molecule has 0 radical (unpaired) electrons. The second-order valence-electron chi connectivity index (χ2n) is 4.04. The molecule has 3 heteroatoms. The van der Waals surface area contributed by atoms with Gasteiger partial charge in [-0.25, -0.2) is 0 Å². The average Bonchev–Trinajstić information content (AvgIpc) is 2.76. The zero-order chi connectivity index (χ0) is 12.3. The van der Waals surface area contributed by atoms with Crippen LogP contribution in [0.2, 0.25) is 0 Å². The minimum atomic E-state index is -0.429. The summed E-state index contributed by atoms with van der Waals surface area (Å²) < 4.78 is 5.17. The Hall–Kier alpha value is -1.32. The minimum Gasteiger partial charge on any atom is -0.497 e. The van der Waals surface area contributed by atoms with Crippen molar-refractivity contribution in [2.45, 2.75) is 19.4 Å². The first-order valence-corrected chi connectivity index (χ1v) is 6.43. The van der Waals surface area contributed by atoms with Crippen molar-refractivity contribution in [3.63, 3.8) is 0 Å². The summed E-state index contributed by atoms with van der Waals surface area (Å²) >= 11 is 1.61. The van der Waals surface area contributed by atoms with Crippen LogP contribution in [-0.2, 0) is 6.42 Å². The van der Waals surface area contributed by atoms with Gasteiger partial charge in [-0.05, 0) is 41.6 Å². The number of aliphatic hydroxyl groups is 1. The van der Waals surface area contributed by atoms with Gasteiger partial charge in [0.1, 0.15) is 5.75 Å². The van der Waals surface area contributed by atoms with Gasteiger partial charge >= 0.3 is 0 Å². The lowest BCUT2D eigenvalue weighted by Gasteiger charge is -2.11. The molecule has 1 unspecified atom stereocenters. The fourth-order valence-electron chi connectivity index (χ4n) is 1.84. The number of aryl methyl sites for hydroxylation is 1. The Morgan fingerprint density at radius 3 is 2.82 bits per heavy atom. The molecule has 1 atom stereocenters. The first-order valence-electron chi connectivity index (χ1n) is 5.55. The van der Waals surface area contributed by atoms with Gasteiger partial charge in [-0.3, -0.25) is 0 Å². The van der Waals surface area contributed by atoms with Gasteiger partial charge in [0, 0.05) is 11.3 Å². The molecule has 0 saturated carbocycles. The largest absolute Gasteiger partial charge is 0.497 e. The maximum Gasteiger partial charge on any atom is 0.119 e. The molecule has 2 rings (SSSR count). The molecule has 0 amide bonds. The molecule has 1 heterocycles. The van der Waals surface area contributed by atoms with Crippen LogP contribution in [0.15, 0.2) is 35.7 Å². The lowest BCUT2D eigenvalue weighted by Crippen LogP contribution is -2.01. The van der Waals surface area contributed by atoms with Gasteiger partial charge in [-0.2, -0.15) is 0 Å². The maximum atomic E-state index is 10.2. The Morgan fingerprint density at radius 1 is 1.35 bits per heavy atom. The van der Waals surface area contributed by atoms with Gasteiger partial charge in [-0.15, -0.1) is 11.3 Å². The summed E-state index contributed by atoms with van der Waals surface area (Å²) in [5.74, 6) is 0.831. The predicted molar refractivity (Wildman–Crippen MR) is 70.7 cm³/mol. The molecule has 0 saturated heterocycles. The van der Waals surface area contributed by atoms with Gasteiger partial charge < -0.3 is 9.84 Å². The van der Waals surface area contributed by atoms with E-state index in [2.05, 4.69) is 0 Å². The number of hydrogen-bond acceptors (Lipinski definition) is 3. The van der Waals surface area contributed by atoms with Crippen molar-refractivity contribution in [3.05, 3.63) is 51.7 Å². The number of benzene rings is 1. The number of aliphatic hydroxyl groups excluding tert-OH is 1. The highest BCUT2D eigenvalue weighted by molar-refractivity contribution is 7.10. The van der Waals surface area contributed by atoms with Crippen molar-refractivity contribution in [1.29, 1.82) is 0 Å². The zero-order valence-corrected chi connectivity index (χ0v) is 10.8. The molecule has 1 N–H and O–H groups in total. The van der Waals surface area contributed by atoms with Crippen molar-refractivity contribution in [3.8, 4) is 5.75 Å². The minimum absolute atomic E-state index is 0.429. The van der Waals surface area contributed by atoms with Crippen LogP contribution in [0.5, 0.6) is 5.75 Å². The lowest BCUT2D eigenvalue weighted by atomic mass is 10.0. The third-order valence-electron chi connectivity index (χ3n) is 2.77. The number of rotatable bonds is 4. The molecule has 0 fully saturated rings. The molecule has 17 heavy (non-hydrogen) atoms. The van der Waals surface area contributed by atoms with Gasteiger partial charge in [0.15, 0.2) is 0 Å². The molecule has 1 aromatic carbocycles. The molecular weight excluding hydrogens is 232 g/mol. The number of hydrogen-bond donors (Lipinski definition) is 1. The fraction of sp³-hybridized carbons (Fsp3) is 0.286. The van der Waals surface area contributed by atoms with Gasteiger partial charge in [0.05, 0.1) is 13.2 Å². The molecule has 0 spiro atoms. The van der Waals surface area contributed by atoms with E-state index in [1.54, 1.807) is 18.4 Å². The van der Waals surface area contributed by atoms with Crippen molar-refractivity contribution in [2.24, 2.45) is 0 Å². The van der Waals surface area contributed by atoms with Crippen LogP contribution in [0.25, 0.3) is 0 Å². The second-order valence-corrected chi connectivity index (χ2v) is 4.99. The summed E-state index contributed by atoms with van der Waals surface area (Å²) in [5.41, 5.74) is 2.25. The summed E-state index contributed by atoms with van der Waals surface area (Å²) in [7, 11) is 1.65. The monoisotopic (exact) mass is 248 g/mol. The van der Waals surface area contributed by atoms with Crippen LogP contribution < -0.4 is 4.74 Å². The highest BCUT2D eigenvalue weighted by atomic mass is 32.1. The van der Waals surface area contributed by atoms with Crippen LogP contribution in [0.4, 0.5) is 0 Å². The quantitative estimate of drug-likeness (QED) is 0.899. The third kappa shape index (κ3) is 2.87. The Labute approximate surface area is 105 Å². The summed E-state index contributed by atoms with van der Waals surface area (Å²) in [6.07, 6.45) is 0.195. The molecule has 0 aliphatic heterocycles. The molecule has 0 bridgehead atoms. The van der Waals surface area contributed by atoms with E-state index in [1.807, 2.05) is 42.6 Å². The Morgan fingerprint density at radius 2 is 2.18 bits per heavy atom. The average molecular weight is 248 g/mol. The second kappa shape index (κ2) is 5.34. The molecule has 1 aromatic heterocycles. The van der Waals surface area contributed by atoms with E-state index in [0.29, 0.717) is 6.42 Å². The summed E-state index contributed by atoms with van der Waals surface area (Å²) in [4.78, 5) is 1.05. The molecule has 0 aliphatic rings. The number of ether oxygens (including phenoxy) is 1. The number of thiophene rings is 1. The van der Waals surface area contributed by atoms with Crippen molar-refractivity contribution >= 4 is 11.3 Å². The Kier molecular flexibility index (Phi) is 3.82. The molecular formula is C14H16O2S. The van der Waals surface area contributed by atoms with E-state index in [-0.39, 0.29) is 0 Å². The van der Waals surface area contributed by atoms with Crippen molar-refractivity contribution < 1.29 is 9.84 Å². The highest BCUT2D eigenvalue weighted by Gasteiger charge is 2.12. The van der Waals surface area contributed by atoms with Crippen LogP contribution in [0, 0.1) is 6.92 Å². The van der Waals surface area contributed by atoms with E-state index < -0.39 is 6.10 Å². The van der Waals surface area contributed by atoms with E-state index in [9.17, 15) is 5.11 Å². The third-order valence-corrected chi connectivity index (χ3v) is 3.89. The van der Waals surface area contributed by atoms with E-state index in [4.69, 9.17) is 4.74 Å². The van der Waals surface area contributed by atoms with Crippen LogP contribution in [0.3, 0.4) is 0 Å². The van der Waals surface area contributed by atoms with E-state index >= 15 is 0 Å². The first kappa shape index (κ1) is 12.1. The fourth-order valence-corrected chi connectivity index (χ4v) is 2.75. The lowest BCUT2D eigenvalue weighted by molar-refractivity contribution is 0.181. The van der Waals surface area contributed by atoms with Crippen LogP contribution in [0.1, 0.15) is 22.1 Å². The van der Waals surface area contributed by atoms with Crippen LogP contribution >= 0.6 is 11.3 Å². The van der Waals surface area contributed by atoms with Gasteiger partial charge in [0.25, 0.3) is 0 Å². The van der Waals surface area contributed by atoms with Crippen molar-refractivity contribution in [1.82, 2.24) is 0 Å². The normalized spacial score (nSPS) is 12.4. The first-order chi connectivity index (χ1) is 8.20. The molecule has 2 aromatic rings. The topological polar surface area (TPSA) is 29.5 Å². The smallest absolute Gasteiger partial charge is 0.119 e. The Balaban J connectivity index is 2.13. The molecule has 0 aliphatic carbocycles. The van der Waals surface area contributed by atoms with Crippen molar-refractivity contribution in [2.75, 3.05) is 7.11 Å². The Bertz CT molecular complexity index is 490. The van der Waals surface area contributed by atoms with E-state index in [1.165, 1.54) is 0 Å². The molecule has 2 nitrogen and oxygen atoms in total. The molecule has 90 valence electrons. The summed E-state index contributed by atoms with van der Waals surface area (Å²) in [5, 5.41) is 12.2. The van der Waals surface area contributed by atoms with E-state index in [0.717, 1.165) is 21.8 Å². The summed E-state index contributed by atoms with van der Waals surface area (Å²) in [6.45, 7) is 2.03. The predicted octanol–water partition coefficient (Wildman–Crippen LogP) is 3.34. The van der Waals surface area contributed by atoms with Gasteiger partial charge in [0.2, 0.25) is 0 Å². The highest BCUT2D eigenvalue weighted by Crippen LogP contribution is 2.27. The zero-order valence-electron chi connectivity index (χ0n) is 10.0. The SMILES string of the molecule is COc1cccc(CC(O)c2sccc2C)c1. The van der Waals surface area contributed by atoms with Crippen LogP contribution in [-0.4, -0.2) is 12.2 Å². The standard InChI is InChI=1S/C14H16O2S/c1-10-6-7-17-14(10)13(15)9-11-4-3-5-12(8-11)16-2/h3-8,13,15H,9H2,1-2H3. The van der Waals surface area contributed by atoms with Gasteiger partial charge in [-0.1, -0.05) is 12.1 Å². The maximum absolute atomic E-state index is 10.2. The summed E-state index contributed by atoms with van der Waals surface area (Å²) in [6, 6.07) is 9.87. The number of methoxy groups -OCH3 is 1.